The van der Waals surface area contributed by atoms with Gasteiger partial charge in [-0.05, 0) is 0 Å². The second kappa shape index (κ2) is 6.32. The molecule has 0 saturated carbocycles. The number of nitrogen functional groups attached to an aromatic ring is 1. The van der Waals surface area contributed by atoms with Gasteiger partial charge in [-0.2, -0.15) is 11.8 Å². The first-order valence-electron chi connectivity index (χ1n) is 6.71. The van der Waals surface area contributed by atoms with Gasteiger partial charge in [-0.15, -0.1) is 0 Å². The molecule has 1 aliphatic heterocycles. The van der Waals surface area contributed by atoms with Crippen molar-refractivity contribution < 1.29 is 19.3 Å². The number of imidazole rings is 1. The molecule has 1 saturated heterocycles. The molecule has 1 aliphatic rings. The molecule has 0 bridgehead atoms. The smallest absolute Gasteiger partial charge is 0.167 e. The SMILES string of the molecule is Nc1ncnc2c1ncn2C1O[C@H](CSCCF)[C@@H](O)[C@H]1O. The first-order valence-corrected chi connectivity index (χ1v) is 7.87. The van der Waals surface area contributed by atoms with Gasteiger partial charge in [-0.1, -0.05) is 0 Å². The Hall–Kier alpha value is -1.49. The summed E-state index contributed by atoms with van der Waals surface area (Å²) in [5.41, 5.74) is 6.54. The molecule has 1 unspecified atom stereocenters. The van der Waals surface area contributed by atoms with E-state index in [1.54, 1.807) is 0 Å². The predicted octanol–water partition coefficient (Wildman–Crippen LogP) is -0.270. The van der Waals surface area contributed by atoms with E-state index in [0.717, 1.165) is 0 Å². The number of aromatic nitrogens is 4. The number of thioether (sulfide) groups is 1. The van der Waals surface area contributed by atoms with E-state index >= 15 is 0 Å². The maximum absolute atomic E-state index is 12.1. The van der Waals surface area contributed by atoms with Crippen LogP contribution in [0.1, 0.15) is 6.23 Å². The van der Waals surface area contributed by atoms with E-state index in [1.165, 1.54) is 29.0 Å². The number of hydrogen-bond donors (Lipinski definition) is 3. The summed E-state index contributed by atoms with van der Waals surface area (Å²) in [6.07, 6.45) is -0.882. The van der Waals surface area contributed by atoms with Crippen molar-refractivity contribution in [1.82, 2.24) is 19.5 Å². The zero-order valence-corrected chi connectivity index (χ0v) is 12.4. The van der Waals surface area contributed by atoms with E-state index in [0.29, 0.717) is 22.7 Å². The summed E-state index contributed by atoms with van der Waals surface area (Å²) in [5, 5.41) is 20.3. The second-order valence-electron chi connectivity index (χ2n) is 4.89. The van der Waals surface area contributed by atoms with Gasteiger partial charge in [0.2, 0.25) is 0 Å². The van der Waals surface area contributed by atoms with Crippen LogP contribution in [-0.2, 0) is 4.74 Å². The lowest BCUT2D eigenvalue weighted by molar-refractivity contribution is -0.0289. The molecule has 10 heteroatoms. The van der Waals surface area contributed by atoms with Crippen molar-refractivity contribution in [3.05, 3.63) is 12.7 Å². The number of anilines is 1. The van der Waals surface area contributed by atoms with E-state index in [2.05, 4.69) is 15.0 Å². The lowest BCUT2D eigenvalue weighted by Crippen LogP contribution is -2.32. The van der Waals surface area contributed by atoms with E-state index in [1.807, 2.05) is 0 Å². The molecule has 0 radical (unpaired) electrons. The fourth-order valence-electron chi connectivity index (χ4n) is 2.41. The number of rotatable bonds is 5. The van der Waals surface area contributed by atoms with E-state index in [9.17, 15) is 14.6 Å². The van der Waals surface area contributed by atoms with Crippen LogP contribution in [0.2, 0.25) is 0 Å². The van der Waals surface area contributed by atoms with Crippen molar-refractivity contribution in [1.29, 1.82) is 0 Å². The average Bonchev–Trinajstić information content (AvgIpc) is 3.05. The maximum atomic E-state index is 12.1. The highest BCUT2D eigenvalue weighted by molar-refractivity contribution is 7.99. The number of fused-ring (bicyclic) bond motifs is 1. The van der Waals surface area contributed by atoms with Crippen molar-refractivity contribution in [2.24, 2.45) is 0 Å². The Bertz CT molecular complexity index is 657. The molecular weight excluding hydrogens is 313 g/mol. The Morgan fingerprint density at radius 2 is 2.14 bits per heavy atom. The highest BCUT2D eigenvalue weighted by Gasteiger charge is 2.44. The van der Waals surface area contributed by atoms with Gasteiger partial charge < -0.3 is 20.7 Å². The number of halogens is 1. The van der Waals surface area contributed by atoms with Crippen LogP contribution >= 0.6 is 11.8 Å². The summed E-state index contributed by atoms with van der Waals surface area (Å²) < 4.78 is 19.4. The highest BCUT2D eigenvalue weighted by atomic mass is 32.2. The van der Waals surface area contributed by atoms with Gasteiger partial charge in [-0.25, -0.2) is 15.0 Å². The molecule has 3 heterocycles. The Kier molecular flexibility index (Phi) is 4.43. The average molecular weight is 329 g/mol. The van der Waals surface area contributed by atoms with Gasteiger partial charge in [0.25, 0.3) is 0 Å². The molecule has 0 spiro atoms. The zero-order chi connectivity index (χ0) is 15.7. The summed E-state index contributed by atoms with van der Waals surface area (Å²) in [7, 11) is 0. The summed E-state index contributed by atoms with van der Waals surface area (Å²) in [6, 6.07) is 0. The Morgan fingerprint density at radius 3 is 2.91 bits per heavy atom. The van der Waals surface area contributed by atoms with E-state index in [4.69, 9.17) is 10.5 Å². The molecule has 4 N–H and O–H groups in total. The number of ether oxygens (including phenoxy) is 1. The van der Waals surface area contributed by atoms with Crippen LogP contribution in [0.25, 0.3) is 11.2 Å². The first-order chi connectivity index (χ1) is 10.6. The standard InChI is InChI=1S/C12H16FN5O3S/c13-1-2-22-3-6-8(19)9(20)12(21-6)18-5-17-7-10(14)15-4-16-11(7)18/h4-6,8-9,12,19-20H,1-3H2,(H2,14,15,16)/t6-,8-,9-,12?/m1/s1. The van der Waals surface area contributed by atoms with Gasteiger partial charge in [0.05, 0.1) is 19.1 Å². The number of hydrogen-bond acceptors (Lipinski definition) is 8. The molecule has 4 atom stereocenters. The van der Waals surface area contributed by atoms with Crippen molar-refractivity contribution >= 4 is 28.7 Å². The lowest BCUT2D eigenvalue weighted by Gasteiger charge is -2.16. The zero-order valence-electron chi connectivity index (χ0n) is 11.5. The summed E-state index contributed by atoms with van der Waals surface area (Å²) in [5.74, 6) is 0.944. The number of aliphatic hydroxyl groups is 2. The second-order valence-corrected chi connectivity index (χ2v) is 6.04. The minimum atomic E-state index is -1.13. The molecule has 1 fully saturated rings. The van der Waals surface area contributed by atoms with Gasteiger partial charge in [-0.3, -0.25) is 8.96 Å². The quantitative estimate of drug-likeness (QED) is 0.641. The maximum Gasteiger partial charge on any atom is 0.167 e. The molecule has 8 nitrogen and oxygen atoms in total. The van der Waals surface area contributed by atoms with Gasteiger partial charge in [0.1, 0.15) is 24.1 Å². The highest BCUT2D eigenvalue weighted by Crippen LogP contribution is 2.33. The third-order valence-electron chi connectivity index (χ3n) is 3.50. The molecule has 0 aliphatic carbocycles. The molecular formula is C12H16FN5O3S. The molecule has 2 aromatic rings. The summed E-state index contributed by atoms with van der Waals surface area (Å²) >= 11 is 1.32. The van der Waals surface area contributed by atoms with Crippen molar-refractivity contribution in [3.8, 4) is 0 Å². The normalized spacial score (nSPS) is 28.5. The third-order valence-corrected chi connectivity index (χ3v) is 4.51. The predicted molar refractivity (Wildman–Crippen MR) is 79.0 cm³/mol. The summed E-state index contributed by atoms with van der Waals surface area (Å²) in [6.45, 7) is -0.443. The van der Waals surface area contributed by atoms with Crippen LogP contribution in [0.3, 0.4) is 0 Å². The van der Waals surface area contributed by atoms with Gasteiger partial charge in [0, 0.05) is 11.5 Å². The van der Waals surface area contributed by atoms with Crippen LogP contribution in [0.5, 0.6) is 0 Å². The number of nitrogens with zero attached hydrogens (tertiary/aromatic N) is 4. The van der Waals surface area contributed by atoms with Crippen LogP contribution in [0, 0.1) is 0 Å². The molecule has 120 valence electrons. The van der Waals surface area contributed by atoms with Gasteiger partial charge >= 0.3 is 0 Å². The molecule has 3 rings (SSSR count). The molecule has 22 heavy (non-hydrogen) atoms. The first kappa shape index (κ1) is 15.4. The molecule has 0 aromatic carbocycles. The van der Waals surface area contributed by atoms with Crippen LogP contribution in [-0.4, -0.2) is 66.2 Å². The Balaban J connectivity index is 1.83. The van der Waals surface area contributed by atoms with Crippen molar-refractivity contribution in [2.45, 2.75) is 24.5 Å². The van der Waals surface area contributed by atoms with E-state index < -0.39 is 31.2 Å². The fourth-order valence-corrected chi connectivity index (χ4v) is 3.19. The van der Waals surface area contributed by atoms with Crippen molar-refractivity contribution in [3.63, 3.8) is 0 Å². The Labute approximate surface area is 129 Å². The third kappa shape index (κ3) is 2.62. The van der Waals surface area contributed by atoms with Crippen molar-refractivity contribution in [2.75, 3.05) is 23.9 Å². The summed E-state index contributed by atoms with van der Waals surface area (Å²) in [4.78, 5) is 12.0. The minimum absolute atomic E-state index is 0.229. The van der Waals surface area contributed by atoms with Crippen LogP contribution in [0.15, 0.2) is 12.7 Å². The molecule has 0 amide bonds. The van der Waals surface area contributed by atoms with Crippen LogP contribution < -0.4 is 5.73 Å². The topological polar surface area (TPSA) is 119 Å². The number of nitrogens with two attached hydrogens (primary N) is 1. The fraction of sp³-hybridized carbons (Fsp3) is 0.583. The lowest BCUT2D eigenvalue weighted by atomic mass is 10.1. The number of aliphatic hydroxyl groups excluding tert-OH is 2. The Morgan fingerprint density at radius 1 is 1.32 bits per heavy atom. The molecule has 2 aromatic heterocycles. The van der Waals surface area contributed by atoms with E-state index in [-0.39, 0.29) is 5.82 Å². The van der Waals surface area contributed by atoms with Crippen LogP contribution in [0.4, 0.5) is 10.2 Å². The largest absolute Gasteiger partial charge is 0.387 e. The minimum Gasteiger partial charge on any atom is -0.387 e. The van der Waals surface area contributed by atoms with Gasteiger partial charge in [0.15, 0.2) is 17.7 Å². The monoisotopic (exact) mass is 329 g/mol. The number of alkyl halides is 1.